The summed E-state index contributed by atoms with van der Waals surface area (Å²) in [5.41, 5.74) is 2.77. The Morgan fingerprint density at radius 2 is 1.86 bits per heavy atom. The van der Waals surface area contributed by atoms with E-state index < -0.39 is 10.0 Å². The van der Waals surface area contributed by atoms with Crippen molar-refractivity contribution in [3.05, 3.63) is 41.2 Å². The van der Waals surface area contributed by atoms with Gasteiger partial charge in [0, 0.05) is 30.5 Å². The summed E-state index contributed by atoms with van der Waals surface area (Å²) in [5.74, 6) is -0.204. The second-order valence-electron chi connectivity index (χ2n) is 7.34. The van der Waals surface area contributed by atoms with Crippen LogP contribution in [0.2, 0.25) is 0 Å². The van der Waals surface area contributed by atoms with E-state index in [1.54, 1.807) is 19.1 Å². The number of nitrogens with one attached hydrogen (secondary N) is 1. The molecule has 29 heavy (non-hydrogen) atoms. The van der Waals surface area contributed by atoms with Crippen molar-refractivity contribution in [2.45, 2.75) is 51.5 Å². The van der Waals surface area contributed by atoms with Gasteiger partial charge in [-0.25, -0.2) is 18.4 Å². The van der Waals surface area contributed by atoms with Crippen LogP contribution in [0.25, 0.3) is 0 Å². The molecule has 2 heterocycles. The number of aromatic nitrogens is 2. The van der Waals surface area contributed by atoms with Gasteiger partial charge in [-0.1, -0.05) is 0 Å². The van der Waals surface area contributed by atoms with E-state index in [9.17, 15) is 13.2 Å². The van der Waals surface area contributed by atoms with Crippen molar-refractivity contribution < 1.29 is 17.9 Å². The van der Waals surface area contributed by atoms with Crippen molar-refractivity contribution in [3.8, 4) is 6.01 Å². The lowest BCUT2D eigenvalue weighted by molar-refractivity contribution is -0.114. The van der Waals surface area contributed by atoms with Gasteiger partial charge in [0.2, 0.25) is 15.9 Å². The van der Waals surface area contributed by atoms with E-state index in [1.165, 1.54) is 17.3 Å². The van der Waals surface area contributed by atoms with E-state index in [4.69, 9.17) is 4.74 Å². The van der Waals surface area contributed by atoms with E-state index in [0.717, 1.165) is 17.8 Å². The van der Waals surface area contributed by atoms with Crippen LogP contribution >= 0.6 is 0 Å². The van der Waals surface area contributed by atoms with Gasteiger partial charge in [-0.2, -0.15) is 4.31 Å². The lowest BCUT2D eigenvalue weighted by Gasteiger charge is -2.32. The predicted molar refractivity (Wildman–Crippen MR) is 109 cm³/mol. The van der Waals surface area contributed by atoms with Crippen LogP contribution < -0.4 is 10.1 Å². The molecule has 0 radical (unpaired) electrons. The summed E-state index contributed by atoms with van der Waals surface area (Å²) in [6, 6.07) is 6.94. The number of nitrogens with zero attached hydrogens (tertiary/aromatic N) is 3. The van der Waals surface area contributed by atoms with Crippen LogP contribution in [0, 0.1) is 20.8 Å². The quantitative estimate of drug-likeness (QED) is 0.801. The number of carbonyl (C=O) groups excluding carboxylic acids is 1. The van der Waals surface area contributed by atoms with E-state index in [-0.39, 0.29) is 29.5 Å². The van der Waals surface area contributed by atoms with Crippen LogP contribution in [0.4, 0.5) is 5.69 Å². The molecular formula is C20H26N4O4S. The van der Waals surface area contributed by atoms with Crippen LogP contribution in [0.15, 0.2) is 29.2 Å². The number of benzene rings is 1. The molecule has 1 amide bonds. The zero-order chi connectivity index (χ0) is 21.2. The number of hydrogen-bond donors (Lipinski definition) is 1. The standard InChI is InChI=1S/C20H26N4O4S/c1-13-10-17(23-16(4)25)7-8-19(13)29(26,27)24-9-5-6-18(12-24)28-20-21-14(2)11-15(3)22-20/h7-8,10-11,18H,5-6,9,12H2,1-4H3,(H,23,25)/t18-/m0/s1. The Bertz CT molecular complexity index is 1000. The molecule has 8 nitrogen and oxygen atoms in total. The average molecular weight is 419 g/mol. The SMILES string of the molecule is CC(=O)Nc1ccc(S(=O)(=O)N2CCC[C@H](Oc3nc(C)cc(C)n3)C2)c(C)c1. The number of hydrogen-bond acceptors (Lipinski definition) is 6. The highest BCUT2D eigenvalue weighted by molar-refractivity contribution is 7.89. The molecule has 1 saturated heterocycles. The van der Waals surface area contributed by atoms with E-state index in [2.05, 4.69) is 15.3 Å². The average Bonchev–Trinajstić information content (AvgIpc) is 2.60. The Balaban J connectivity index is 1.77. The molecule has 2 aromatic rings. The van der Waals surface area contributed by atoms with Gasteiger partial charge in [0.05, 0.1) is 11.4 Å². The molecule has 1 atom stereocenters. The van der Waals surface area contributed by atoms with E-state index in [1.807, 2.05) is 19.9 Å². The molecule has 0 bridgehead atoms. The van der Waals surface area contributed by atoms with Crippen LogP contribution in [-0.2, 0) is 14.8 Å². The number of ether oxygens (including phenoxy) is 1. The highest BCUT2D eigenvalue weighted by Crippen LogP contribution is 2.26. The molecule has 0 spiro atoms. The number of piperidine rings is 1. The second-order valence-corrected chi connectivity index (χ2v) is 9.25. The van der Waals surface area contributed by atoms with Crippen molar-refractivity contribution in [1.82, 2.24) is 14.3 Å². The number of aryl methyl sites for hydroxylation is 3. The summed E-state index contributed by atoms with van der Waals surface area (Å²) in [6.45, 7) is 7.54. The fourth-order valence-electron chi connectivity index (χ4n) is 3.47. The molecule has 1 N–H and O–H groups in total. The summed E-state index contributed by atoms with van der Waals surface area (Å²) < 4.78 is 33.7. The minimum atomic E-state index is -3.68. The van der Waals surface area contributed by atoms with Gasteiger partial charge in [-0.15, -0.1) is 0 Å². The highest BCUT2D eigenvalue weighted by atomic mass is 32.2. The molecule has 1 aliphatic heterocycles. The number of rotatable bonds is 5. The lowest BCUT2D eigenvalue weighted by Crippen LogP contribution is -2.44. The first-order chi connectivity index (χ1) is 13.6. The largest absolute Gasteiger partial charge is 0.459 e. The maximum atomic E-state index is 13.2. The molecule has 1 aromatic heterocycles. The van der Waals surface area contributed by atoms with Gasteiger partial charge in [-0.3, -0.25) is 4.79 Å². The molecular weight excluding hydrogens is 392 g/mol. The van der Waals surface area contributed by atoms with Crippen molar-refractivity contribution in [2.75, 3.05) is 18.4 Å². The topological polar surface area (TPSA) is 101 Å². The monoisotopic (exact) mass is 418 g/mol. The van der Waals surface area contributed by atoms with Crippen LogP contribution in [0.5, 0.6) is 6.01 Å². The van der Waals surface area contributed by atoms with Crippen molar-refractivity contribution >= 4 is 21.6 Å². The fraction of sp³-hybridized carbons (Fsp3) is 0.450. The first kappa shape index (κ1) is 21.2. The number of sulfonamides is 1. The van der Waals surface area contributed by atoms with Crippen LogP contribution in [0.1, 0.15) is 36.7 Å². The van der Waals surface area contributed by atoms with E-state index >= 15 is 0 Å². The summed E-state index contributed by atoms with van der Waals surface area (Å²) in [4.78, 5) is 20.0. The van der Waals surface area contributed by atoms with Gasteiger partial charge in [0.25, 0.3) is 0 Å². The first-order valence-electron chi connectivity index (χ1n) is 9.52. The van der Waals surface area contributed by atoms with Gasteiger partial charge in [0.1, 0.15) is 6.10 Å². The van der Waals surface area contributed by atoms with Gasteiger partial charge in [-0.05, 0) is 63.4 Å². The summed E-state index contributed by atoms with van der Waals surface area (Å²) in [7, 11) is -3.68. The van der Waals surface area contributed by atoms with Crippen LogP contribution in [-0.4, -0.2) is 47.8 Å². The second kappa shape index (κ2) is 8.46. The highest BCUT2D eigenvalue weighted by Gasteiger charge is 2.32. The minimum absolute atomic E-state index is 0.204. The maximum Gasteiger partial charge on any atom is 0.317 e. The molecule has 1 fully saturated rings. The third kappa shape index (κ3) is 5.10. The molecule has 156 valence electrons. The normalized spacial score (nSPS) is 17.7. The third-order valence-electron chi connectivity index (χ3n) is 4.69. The molecule has 0 unspecified atom stereocenters. The molecule has 0 aliphatic carbocycles. The Morgan fingerprint density at radius 1 is 1.17 bits per heavy atom. The molecule has 3 rings (SSSR count). The fourth-order valence-corrected chi connectivity index (χ4v) is 5.19. The molecule has 1 aromatic carbocycles. The number of anilines is 1. The molecule has 9 heteroatoms. The summed E-state index contributed by atoms with van der Waals surface area (Å²) in [5, 5.41) is 2.67. The minimum Gasteiger partial charge on any atom is -0.459 e. The Kier molecular flexibility index (Phi) is 6.18. The Labute approximate surface area is 171 Å². The number of carbonyl (C=O) groups is 1. The van der Waals surface area contributed by atoms with Crippen LogP contribution in [0.3, 0.4) is 0 Å². The first-order valence-corrected chi connectivity index (χ1v) is 11.0. The molecule has 0 saturated carbocycles. The Hall–Kier alpha value is -2.52. The van der Waals surface area contributed by atoms with Gasteiger partial charge < -0.3 is 10.1 Å². The summed E-state index contributed by atoms with van der Waals surface area (Å²) >= 11 is 0. The van der Waals surface area contributed by atoms with Crippen molar-refractivity contribution in [2.24, 2.45) is 0 Å². The van der Waals surface area contributed by atoms with Crippen molar-refractivity contribution in [1.29, 1.82) is 0 Å². The van der Waals surface area contributed by atoms with Crippen molar-refractivity contribution in [3.63, 3.8) is 0 Å². The predicted octanol–water partition coefficient (Wildman–Crippen LogP) is 2.59. The van der Waals surface area contributed by atoms with Gasteiger partial charge >= 0.3 is 6.01 Å². The number of amides is 1. The van der Waals surface area contributed by atoms with Gasteiger partial charge in [0.15, 0.2) is 0 Å². The van der Waals surface area contributed by atoms with E-state index in [0.29, 0.717) is 24.2 Å². The smallest absolute Gasteiger partial charge is 0.317 e. The Morgan fingerprint density at radius 3 is 2.48 bits per heavy atom. The summed E-state index contributed by atoms with van der Waals surface area (Å²) in [6.07, 6.45) is 1.12. The third-order valence-corrected chi connectivity index (χ3v) is 6.71. The lowest BCUT2D eigenvalue weighted by atomic mass is 10.1. The zero-order valence-electron chi connectivity index (χ0n) is 17.1. The zero-order valence-corrected chi connectivity index (χ0v) is 17.9. The maximum absolute atomic E-state index is 13.2. The molecule has 1 aliphatic rings.